The molecule has 0 aromatic heterocycles. The van der Waals surface area contributed by atoms with Crippen molar-refractivity contribution in [1.82, 2.24) is 5.01 Å². The standard InChI is InChI=1S/C15H19ClF3N3/c1-3-11-8-10(2)4-5-13-12(9-14(16)21-22(11)13)20-7-6-15(17,18)19/h5,8,10H,3-4,6-7,9H2,1-2H3. The van der Waals surface area contributed by atoms with Crippen LogP contribution in [0.2, 0.25) is 0 Å². The van der Waals surface area contributed by atoms with Gasteiger partial charge in [0, 0.05) is 18.7 Å². The van der Waals surface area contributed by atoms with Crippen LogP contribution in [-0.2, 0) is 0 Å². The Morgan fingerprint density at radius 2 is 2.18 bits per heavy atom. The summed E-state index contributed by atoms with van der Waals surface area (Å²) >= 11 is 6.06. The molecule has 0 bridgehead atoms. The first-order chi connectivity index (χ1) is 10.3. The highest BCUT2D eigenvalue weighted by atomic mass is 35.5. The Bertz CT molecular complexity index is 547. The van der Waals surface area contributed by atoms with Crippen molar-refractivity contribution in [3.05, 3.63) is 23.5 Å². The van der Waals surface area contributed by atoms with Crippen molar-refractivity contribution in [3.8, 4) is 0 Å². The number of hydrogen-bond donors (Lipinski definition) is 0. The highest BCUT2D eigenvalue weighted by Gasteiger charge is 2.29. The Balaban J connectivity index is 2.28. The number of hydrogen-bond acceptors (Lipinski definition) is 3. The molecular weight excluding hydrogens is 315 g/mol. The van der Waals surface area contributed by atoms with E-state index < -0.39 is 12.6 Å². The third kappa shape index (κ3) is 4.35. The lowest BCUT2D eigenvalue weighted by atomic mass is 10.1. The van der Waals surface area contributed by atoms with Crippen LogP contribution in [0.3, 0.4) is 0 Å². The van der Waals surface area contributed by atoms with Gasteiger partial charge in [-0.1, -0.05) is 37.6 Å². The molecule has 22 heavy (non-hydrogen) atoms. The molecule has 122 valence electrons. The number of rotatable bonds is 3. The molecule has 3 nitrogen and oxygen atoms in total. The fraction of sp³-hybridized carbons (Fsp3) is 0.600. The summed E-state index contributed by atoms with van der Waals surface area (Å²) in [5.41, 5.74) is 2.35. The molecule has 7 heteroatoms. The van der Waals surface area contributed by atoms with Gasteiger partial charge < -0.3 is 0 Å². The topological polar surface area (TPSA) is 28.0 Å². The van der Waals surface area contributed by atoms with Crippen molar-refractivity contribution >= 4 is 22.5 Å². The first-order valence-electron chi connectivity index (χ1n) is 7.34. The molecule has 0 N–H and O–H groups in total. The maximum Gasteiger partial charge on any atom is 0.390 e. The second kappa shape index (κ2) is 6.86. The largest absolute Gasteiger partial charge is 0.390 e. The molecule has 2 heterocycles. The highest BCUT2D eigenvalue weighted by molar-refractivity contribution is 6.67. The summed E-state index contributed by atoms with van der Waals surface area (Å²) in [5.74, 6) is 0.346. The summed E-state index contributed by atoms with van der Waals surface area (Å²) in [6.45, 7) is 3.83. The molecule has 0 amide bonds. The molecule has 1 unspecified atom stereocenters. The zero-order valence-corrected chi connectivity index (χ0v) is 13.4. The number of halogens is 4. The quantitative estimate of drug-likeness (QED) is 0.725. The van der Waals surface area contributed by atoms with Crippen LogP contribution < -0.4 is 0 Å². The summed E-state index contributed by atoms with van der Waals surface area (Å²) in [5, 5.41) is 6.40. The Labute approximate surface area is 133 Å². The summed E-state index contributed by atoms with van der Waals surface area (Å²) in [6, 6.07) is 0. The average Bonchev–Trinajstić information content (AvgIpc) is 2.56. The molecule has 2 aliphatic rings. The molecule has 0 fully saturated rings. The average molecular weight is 334 g/mol. The summed E-state index contributed by atoms with van der Waals surface area (Å²) in [7, 11) is 0. The minimum Gasteiger partial charge on any atom is -0.287 e. The van der Waals surface area contributed by atoms with Gasteiger partial charge >= 0.3 is 6.18 Å². The van der Waals surface area contributed by atoms with Crippen LogP contribution in [0.1, 0.15) is 39.5 Å². The van der Waals surface area contributed by atoms with E-state index >= 15 is 0 Å². The first-order valence-corrected chi connectivity index (χ1v) is 7.72. The molecule has 0 saturated carbocycles. The van der Waals surface area contributed by atoms with Crippen LogP contribution in [0.4, 0.5) is 13.2 Å². The van der Waals surface area contributed by atoms with E-state index in [9.17, 15) is 13.2 Å². The van der Waals surface area contributed by atoms with E-state index in [-0.39, 0.29) is 13.0 Å². The van der Waals surface area contributed by atoms with Gasteiger partial charge in [0.25, 0.3) is 0 Å². The van der Waals surface area contributed by atoms with Gasteiger partial charge in [-0.15, -0.1) is 0 Å². The van der Waals surface area contributed by atoms with E-state index in [1.54, 1.807) is 5.01 Å². The number of nitrogens with zero attached hydrogens (tertiary/aromatic N) is 3. The number of alkyl halides is 3. The fourth-order valence-corrected chi connectivity index (χ4v) is 2.66. The lowest BCUT2D eigenvalue weighted by molar-refractivity contribution is -0.132. The third-order valence-electron chi connectivity index (χ3n) is 3.54. The Morgan fingerprint density at radius 1 is 1.45 bits per heavy atom. The van der Waals surface area contributed by atoms with Crippen LogP contribution >= 0.6 is 11.6 Å². The summed E-state index contributed by atoms with van der Waals surface area (Å²) in [4.78, 5) is 4.13. The van der Waals surface area contributed by atoms with Crippen molar-refractivity contribution in [1.29, 1.82) is 0 Å². The first kappa shape index (κ1) is 17.1. The molecule has 2 aliphatic heterocycles. The molecule has 0 radical (unpaired) electrons. The predicted octanol–water partition coefficient (Wildman–Crippen LogP) is 4.86. The van der Waals surface area contributed by atoms with E-state index in [2.05, 4.69) is 23.1 Å². The van der Waals surface area contributed by atoms with Crippen LogP contribution in [0.25, 0.3) is 0 Å². The Kier molecular flexibility index (Phi) is 5.32. The molecule has 2 rings (SSSR count). The van der Waals surface area contributed by atoms with Crippen molar-refractivity contribution < 1.29 is 13.2 Å². The molecule has 1 atom stereocenters. The molecule has 0 spiro atoms. The van der Waals surface area contributed by atoms with E-state index in [0.29, 0.717) is 16.8 Å². The van der Waals surface area contributed by atoms with Gasteiger partial charge in [-0.3, -0.25) is 4.99 Å². The highest BCUT2D eigenvalue weighted by Crippen LogP contribution is 2.30. The number of hydrazone groups is 1. The normalized spacial score (nSPS) is 24.5. The number of fused-ring (bicyclic) bond motifs is 1. The Morgan fingerprint density at radius 3 is 2.82 bits per heavy atom. The second-order valence-electron chi connectivity index (χ2n) is 5.47. The lowest BCUT2D eigenvalue weighted by Gasteiger charge is -2.28. The summed E-state index contributed by atoms with van der Waals surface area (Å²) < 4.78 is 36.9. The zero-order valence-electron chi connectivity index (χ0n) is 12.6. The van der Waals surface area contributed by atoms with Gasteiger partial charge in [-0.25, -0.2) is 5.01 Å². The van der Waals surface area contributed by atoms with Gasteiger partial charge in [-0.2, -0.15) is 18.3 Å². The zero-order chi connectivity index (χ0) is 16.3. The van der Waals surface area contributed by atoms with Crippen molar-refractivity contribution in [2.75, 3.05) is 6.54 Å². The minimum absolute atomic E-state index is 0.283. The number of allylic oxidation sites excluding steroid dienone is 4. The molecule has 0 saturated heterocycles. The van der Waals surface area contributed by atoms with Crippen LogP contribution in [0.15, 0.2) is 33.6 Å². The van der Waals surface area contributed by atoms with Crippen LogP contribution in [-0.4, -0.2) is 28.6 Å². The number of aliphatic imine (C=N–C) groups is 1. The van der Waals surface area contributed by atoms with Crippen molar-refractivity contribution in [3.63, 3.8) is 0 Å². The SMILES string of the molecule is CCC1=CC(C)CC=C2C(=NCCC(F)(F)F)CC(Cl)=NN12. The van der Waals surface area contributed by atoms with E-state index in [1.807, 2.05) is 13.0 Å². The van der Waals surface area contributed by atoms with Gasteiger partial charge in [0.05, 0.1) is 17.8 Å². The minimum atomic E-state index is -4.20. The van der Waals surface area contributed by atoms with Gasteiger partial charge in [0.2, 0.25) is 0 Å². The third-order valence-corrected chi connectivity index (χ3v) is 3.75. The smallest absolute Gasteiger partial charge is 0.287 e. The molecule has 0 aromatic carbocycles. The maximum absolute atomic E-state index is 12.3. The van der Waals surface area contributed by atoms with Gasteiger partial charge in [-0.05, 0) is 18.8 Å². The lowest BCUT2D eigenvalue weighted by Crippen LogP contribution is -2.29. The van der Waals surface area contributed by atoms with E-state index in [0.717, 1.165) is 24.2 Å². The van der Waals surface area contributed by atoms with Gasteiger partial charge in [0.15, 0.2) is 0 Å². The fourth-order valence-electron chi connectivity index (χ4n) is 2.46. The van der Waals surface area contributed by atoms with Crippen molar-refractivity contribution in [2.24, 2.45) is 16.0 Å². The monoisotopic (exact) mass is 333 g/mol. The molecule has 0 aromatic rings. The summed E-state index contributed by atoms with van der Waals surface area (Å²) in [6.07, 6.45) is 0.848. The van der Waals surface area contributed by atoms with Crippen molar-refractivity contribution in [2.45, 2.75) is 45.7 Å². The predicted molar refractivity (Wildman–Crippen MR) is 83.0 cm³/mol. The molecule has 0 aliphatic carbocycles. The van der Waals surface area contributed by atoms with E-state index in [4.69, 9.17) is 11.6 Å². The van der Waals surface area contributed by atoms with E-state index in [1.165, 1.54) is 0 Å². The second-order valence-corrected chi connectivity index (χ2v) is 5.91. The maximum atomic E-state index is 12.3. The van der Waals surface area contributed by atoms with Gasteiger partial charge in [0.1, 0.15) is 5.17 Å². The van der Waals surface area contributed by atoms with Crippen LogP contribution in [0.5, 0.6) is 0 Å². The Hall–Kier alpha value is -1.30. The molecular formula is C15H19ClF3N3. The van der Waals surface area contributed by atoms with Crippen LogP contribution in [0, 0.1) is 5.92 Å².